The van der Waals surface area contributed by atoms with Crippen molar-refractivity contribution in [3.63, 3.8) is 0 Å². The molecular weight excluding hydrogens is 370 g/mol. The minimum atomic E-state index is -3.83. The first kappa shape index (κ1) is 19.3. The molecular formula is C17H25N5O4S. The third-order valence-electron chi connectivity index (χ3n) is 4.64. The number of carbonyl (C=O) groups excluding carboxylic acids is 1. The van der Waals surface area contributed by atoms with Gasteiger partial charge in [-0.3, -0.25) is 4.72 Å². The molecule has 0 radical (unpaired) electrons. The Hall–Kier alpha value is -2.49. The van der Waals surface area contributed by atoms with Crippen LogP contribution in [0.3, 0.4) is 0 Å². The van der Waals surface area contributed by atoms with Crippen molar-refractivity contribution in [3.8, 4) is 5.75 Å². The molecule has 0 aliphatic carbocycles. The molecule has 0 unspecified atom stereocenters. The Kier molecular flexibility index (Phi) is 5.73. The fraction of sp³-hybridized carbons (Fsp3) is 0.529. The van der Waals surface area contributed by atoms with Gasteiger partial charge in [0.15, 0.2) is 5.84 Å². The number of anilines is 1. The molecule has 1 aromatic carbocycles. The molecule has 10 heteroatoms. The second-order valence-electron chi connectivity index (χ2n) is 6.58. The lowest BCUT2D eigenvalue weighted by molar-refractivity contribution is 0.143. The van der Waals surface area contributed by atoms with Crippen LogP contribution in [-0.4, -0.2) is 50.9 Å². The molecule has 4 N–H and O–H groups in total. The molecule has 1 atom stereocenters. The normalized spacial score (nSPS) is 21.3. The van der Waals surface area contributed by atoms with E-state index in [0.717, 1.165) is 25.7 Å². The standard InChI is InChI=1S/C17H25N5O4S/c1-2-19-17(23)22-10-5-3-4-7-12(22)11-26-14-9-6-8-13-15(14)16(18)21-27(24,25)20-13/h6,8-9,12,20H,2-5,7,10-11H2,1H3,(H2,18,21)(H,19,23)/t12-/m0/s1. The van der Waals surface area contributed by atoms with E-state index in [0.29, 0.717) is 36.7 Å². The van der Waals surface area contributed by atoms with Gasteiger partial charge in [-0.15, -0.1) is 4.40 Å². The number of benzene rings is 1. The first-order valence-electron chi connectivity index (χ1n) is 9.10. The molecule has 1 saturated heterocycles. The second-order valence-corrected chi connectivity index (χ2v) is 7.91. The van der Waals surface area contributed by atoms with E-state index < -0.39 is 10.2 Å². The van der Waals surface area contributed by atoms with E-state index in [1.54, 1.807) is 18.2 Å². The molecule has 0 bridgehead atoms. The number of hydrogen-bond donors (Lipinski definition) is 3. The molecule has 2 aliphatic heterocycles. The number of rotatable bonds is 4. The van der Waals surface area contributed by atoms with E-state index in [1.807, 2.05) is 11.8 Å². The topological polar surface area (TPSA) is 126 Å². The van der Waals surface area contributed by atoms with Gasteiger partial charge in [-0.05, 0) is 31.9 Å². The highest BCUT2D eigenvalue weighted by atomic mass is 32.2. The average Bonchev–Trinajstić information content (AvgIpc) is 2.84. The van der Waals surface area contributed by atoms with E-state index in [-0.39, 0.29) is 17.9 Å². The van der Waals surface area contributed by atoms with Gasteiger partial charge in [-0.25, -0.2) is 4.79 Å². The summed E-state index contributed by atoms with van der Waals surface area (Å²) in [7, 11) is -3.83. The Balaban J connectivity index is 1.79. The van der Waals surface area contributed by atoms with Crippen molar-refractivity contribution in [2.75, 3.05) is 24.4 Å². The Morgan fingerprint density at radius 1 is 1.41 bits per heavy atom. The van der Waals surface area contributed by atoms with Crippen LogP contribution in [-0.2, 0) is 10.2 Å². The van der Waals surface area contributed by atoms with Crippen LogP contribution in [0.15, 0.2) is 22.6 Å². The second kappa shape index (κ2) is 8.03. The predicted octanol–water partition coefficient (Wildman–Crippen LogP) is 1.42. The zero-order valence-electron chi connectivity index (χ0n) is 15.3. The molecule has 2 aliphatic rings. The summed E-state index contributed by atoms with van der Waals surface area (Å²) in [4.78, 5) is 14.2. The van der Waals surface area contributed by atoms with Crippen molar-refractivity contribution in [1.29, 1.82) is 0 Å². The summed E-state index contributed by atoms with van der Waals surface area (Å²) in [5.74, 6) is 0.331. The number of carbonyl (C=O) groups is 1. The van der Waals surface area contributed by atoms with Crippen molar-refractivity contribution in [2.45, 2.75) is 38.6 Å². The van der Waals surface area contributed by atoms with Crippen LogP contribution in [0.1, 0.15) is 38.2 Å². The lowest BCUT2D eigenvalue weighted by Crippen LogP contribution is -2.48. The van der Waals surface area contributed by atoms with Gasteiger partial charge in [0, 0.05) is 13.1 Å². The van der Waals surface area contributed by atoms with Crippen molar-refractivity contribution >= 4 is 27.8 Å². The summed E-state index contributed by atoms with van der Waals surface area (Å²) in [5.41, 5.74) is 6.60. The maximum atomic E-state index is 12.4. The summed E-state index contributed by atoms with van der Waals surface area (Å²) in [5, 5.41) is 2.85. The zero-order valence-corrected chi connectivity index (χ0v) is 16.1. The van der Waals surface area contributed by atoms with Crippen LogP contribution < -0.4 is 20.5 Å². The maximum Gasteiger partial charge on any atom is 0.344 e. The molecule has 0 aromatic heterocycles. The van der Waals surface area contributed by atoms with Crippen LogP contribution in [0.5, 0.6) is 5.75 Å². The predicted molar refractivity (Wildman–Crippen MR) is 103 cm³/mol. The SMILES string of the molecule is CCNC(=O)N1CCCCC[C@H]1COc1cccc2c1C(N)=NS(=O)(=O)N2. The number of amidine groups is 1. The van der Waals surface area contributed by atoms with E-state index >= 15 is 0 Å². The first-order valence-corrected chi connectivity index (χ1v) is 10.5. The minimum Gasteiger partial charge on any atom is -0.491 e. The highest BCUT2D eigenvalue weighted by Crippen LogP contribution is 2.31. The molecule has 0 spiro atoms. The zero-order chi connectivity index (χ0) is 19.4. The maximum absolute atomic E-state index is 12.4. The summed E-state index contributed by atoms with van der Waals surface area (Å²) in [6, 6.07) is 4.86. The highest BCUT2D eigenvalue weighted by molar-refractivity contribution is 7.91. The van der Waals surface area contributed by atoms with Crippen molar-refractivity contribution in [3.05, 3.63) is 23.8 Å². The molecule has 27 heavy (non-hydrogen) atoms. The van der Waals surface area contributed by atoms with Gasteiger partial charge >= 0.3 is 16.2 Å². The number of nitrogens with two attached hydrogens (primary N) is 1. The van der Waals surface area contributed by atoms with Crippen LogP contribution in [0.25, 0.3) is 0 Å². The molecule has 9 nitrogen and oxygen atoms in total. The summed E-state index contributed by atoms with van der Waals surface area (Å²) < 4.78 is 35.2. The Morgan fingerprint density at radius 2 is 2.22 bits per heavy atom. The van der Waals surface area contributed by atoms with Gasteiger partial charge < -0.3 is 20.7 Å². The summed E-state index contributed by atoms with van der Waals surface area (Å²) >= 11 is 0. The Bertz CT molecular complexity index is 840. The average molecular weight is 395 g/mol. The van der Waals surface area contributed by atoms with Gasteiger partial charge in [-0.2, -0.15) is 8.42 Å². The summed E-state index contributed by atoms with van der Waals surface area (Å²) in [6.07, 6.45) is 3.92. The van der Waals surface area contributed by atoms with E-state index in [1.165, 1.54) is 0 Å². The Labute approximate surface area is 159 Å². The number of nitrogens with zero attached hydrogens (tertiary/aromatic N) is 2. The smallest absolute Gasteiger partial charge is 0.344 e. The molecule has 2 heterocycles. The summed E-state index contributed by atoms with van der Waals surface area (Å²) in [6.45, 7) is 3.45. The van der Waals surface area contributed by atoms with Gasteiger partial charge in [0.1, 0.15) is 12.4 Å². The number of nitrogens with one attached hydrogen (secondary N) is 2. The van der Waals surface area contributed by atoms with E-state index in [2.05, 4.69) is 14.4 Å². The number of amides is 2. The van der Waals surface area contributed by atoms with Crippen LogP contribution in [0.2, 0.25) is 0 Å². The van der Waals surface area contributed by atoms with E-state index in [4.69, 9.17) is 10.5 Å². The van der Waals surface area contributed by atoms with Gasteiger partial charge in [0.2, 0.25) is 0 Å². The van der Waals surface area contributed by atoms with Gasteiger partial charge in [-0.1, -0.05) is 18.9 Å². The monoisotopic (exact) mass is 395 g/mol. The molecule has 2 amide bonds. The lowest BCUT2D eigenvalue weighted by Gasteiger charge is -2.30. The molecule has 1 aromatic rings. The van der Waals surface area contributed by atoms with Gasteiger partial charge in [0.05, 0.1) is 17.3 Å². The Morgan fingerprint density at radius 3 is 3.00 bits per heavy atom. The number of hydrogen-bond acceptors (Lipinski definition) is 5. The minimum absolute atomic E-state index is 0.0617. The third-order valence-corrected chi connectivity index (χ3v) is 5.55. The quantitative estimate of drug-likeness (QED) is 0.711. The highest BCUT2D eigenvalue weighted by Gasteiger charge is 2.28. The van der Waals surface area contributed by atoms with Crippen molar-refractivity contribution in [2.24, 2.45) is 10.1 Å². The first-order chi connectivity index (χ1) is 12.9. The third kappa shape index (κ3) is 4.44. The molecule has 148 valence electrons. The number of ether oxygens (including phenoxy) is 1. The fourth-order valence-electron chi connectivity index (χ4n) is 3.39. The van der Waals surface area contributed by atoms with Crippen molar-refractivity contribution < 1.29 is 17.9 Å². The number of urea groups is 1. The molecule has 0 saturated carbocycles. The van der Waals surface area contributed by atoms with Crippen LogP contribution in [0, 0.1) is 0 Å². The molecule has 1 fully saturated rings. The van der Waals surface area contributed by atoms with Crippen LogP contribution in [0.4, 0.5) is 10.5 Å². The number of likely N-dealkylation sites (tertiary alicyclic amines) is 1. The lowest BCUT2D eigenvalue weighted by atomic mass is 10.1. The molecule has 3 rings (SSSR count). The van der Waals surface area contributed by atoms with E-state index in [9.17, 15) is 13.2 Å². The largest absolute Gasteiger partial charge is 0.491 e. The fourth-order valence-corrected chi connectivity index (χ4v) is 4.24. The van der Waals surface area contributed by atoms with Gasteiger partial charge in [0.25, 0.3) is 0 Å². The number of fused-ring (bicyclic) bond motifs is 1. The van der Waals surface area contributed by atoms with Crippen LogP contribution >= 0.6 is 0 Å². The van der Waals surface area contributed by atoms with Crippen molar-refractivity contribution in [1.82, 2.24) is 10.2 Å².